The molecule has 0 saturated carbocycles. The molecule has 0 fully saturated rings. The quantitative estimate of drug-likeness (QED) is 0.581. The Morgan fingerprint density at radius 2 is 2.13 bits per heavy atom. The van der Waals surface area contributed by atoms with E-state index in [9.17, 15) is 18.3 Å². The SMILES string of the molecule is CN(CCNc1nnc(Cl)c(N)n1)C[C@@H](O)COCC(F)(F)F. The summed E-state index contributed by atoms with van der Waals surface area (Å²) in [6.45, 7) is -0.727. The van der Waals surface area contributed by atoms with Gasteiger partial charge >= 0.3 is 6.18 Å². The monoisotopic (exact) mass is 358 g/mol. The molecule has 1 aromatic rings. The Kier molecular flexibility index (Phi) is 7.68. The maximum atomic E-state index is 11.9. The first-order valence-corrected chi connectivity index (χ1v) is 6.96. The van der Waals surface area contributed by atoms with Crippen molar-refractivity contribution in [3.63, 3.8) is 0 Å². The molecule has 0 aliphatic rings. The van der Waals surface area contributed by atoms with E-state index in [4.69, 9.17) is 17.3 Å². The molecule has 1 heterocycles. The molecule has 1 rings (SSSR count). The van der Waals surface area contributed by atoms with Gasteiger partial charge in [0.15, 0.2) is 11.0 Å². The van der Waals surface area contributed by atoms with Crippen LogP contribution >= 0.6 is 11.6 Å². The number of aliphatic hydroxyl groups is 1. The molecule has 0 unspecified atom stereocenters. The number of nitrogens with two attached hydrogens (primary N) is 1. The summed E-state index contributed by atoms with van der Waals surface area (Å²) in [5.41, 5.74) is 5.47. The molecule has 0 saturated heterocycles. The van der Waals surface area contributed by atoms with Crippen molar-refractivity contribution in [1.29, 1.82) is 0 Å². The fourth-order valence-electron chi connectivity index (χ4n) is 1.57. The summed E-state index contributed by atoms with van der Waals surface area (Å²) in [7, 11) is 1.70. The predicted molar refractivity (Wildman–Crippen MR) is 78.1 cm³/mol. The molecule has 0 spiro atoms. The van der Waals surface area contributed by atoms with Crippen molar-refractivity contribution in [1.82, 2.24) is 20.1 Å². The van der Waals surface area contributed by atoms with Crippen molar-refractivity contribution in [3.8, 4) is 0 Å². The van der Waals surface area contributed by atoms with Crippen molar-refractivity contribution in [2.75, 3.05) is 50.9 Å². The third-order valence-electron chi connectivity index (χ3n) is 2.55. The fourth-order valence-corrected chi connectivity index (χ4v) is 1.65. The first kappa shape index (κ1) is 19.6. The molecule has 0 amide bonds. The van der Waals surface area contributed by atoms with Crippen LogP contribution in [0.2, 0.25) is 5.15 Å². The maximum absolute atomic E-state index is 11.9. The number of hydrogen-bond acceptors (Lipinski definition) is 8. The van der Waals surface area contributed by atoms with Crippen LogP contribution in [0.25, 0.3) is 0 Å². The molecule has 0 aromatic carbocycles. The molecule has 12 heteroatoms. The lowest BCUT2D eigenvalue weighted by molar-refractivity contribution is -0.179. The van der Waals surface area contributed by atoms with E-state index in [1.54, 1.807) is 11.9 Å². The smallest absolute Gasteiger partial charge is 0.389 e. The summed E-state index contributed by atoms with van der Waals surface area (Å²) in [6.07, 6.45) is -5.42. The van der Waals surface area contributed by atoms with Gasteiger partial charge in [-0.1, -0.05) is 11.6 Å². The summed E-state index contributed by atoms with van der Waals surface area (Å²) < 4.78 is 40.1. The molecule has 1 atom stereocenters. The van der Waals surface area contributed by atoms with Gasteiger partial charge in [0, 0.05) is 19.6 Å². The van der Waals surface area contributed by atoms with Gasteiger partial charge in [0.1, 0.15) is 6.61 Å². The fraction of sp³-hybridized carbons (Fsp3) is 0.727. The van der Waals surface area contributed by atoms with Crippen LogP contribution in [0.15, 0.2) is 0 Å². The average Bonchev–Trinajstić information content (AvgIpc) is 2.41. The highest BCUT2D eigenvalue weighted by Crippen LogP contribution is 2.14. The van der Waals surface area contributed by atoms with E-state index in [0.29, 0.717) is 13.1 Å². The number of likely N-dealkylation sites (N-methyl/N-ethyl adjacent to an activating group) is 1. The molecule has 23 heavy (non-hydrogen) atoms. The van der Waals surface area contributed by atoms with Gasteiger partial charge in [-0.2, -0.15) is 18.2 Å². The van der Waals surface area contributed by atoms with Crippen LogP contribution in [0.4, 0.5) is 24.9 Å². The van der Waals surface area contributed by atoms with E-state index in [1.165, 1.54) is 0 Å². The Bertz CT molecular complexity index is 493. The summed E-state index contributed by atoms with van der Waals surface area (Å²) in [5.74, 6) is 0.254. The van der Waals surface area contributed by atoms with E-state index in [2.05, 4.69) is 25.2 Å². The zero-order chi connectivity index (χ0) is 17.5. The highest BCUT2D eigenvalue weighted by atomic mass is 35.5. The van der Waals surface area contributed by atoms with Crippen LogP contribution in [0.3, 0.4) is 0 Å². The molecule has 0 aliphatic carbocycles. The van der Waals surface area contributed by atoms with E-state index in [1.807, 2.05) is 0 Å². The second kappa shape index (κ2) is 9.01. The average molecular weight is 359 g/mol. The van der Waals surface area contributed by atoms with Crippen LogP contribution < -0.4 is 11.1 Å². The molecule has 8 nitrogen and oxygen atoms in total. The van der Waals surface area contributed by atoms with Crippen molar-refractivity contribution >= 4 is 23.4 Å². The normalized spacial score (nSPS) is 13.3. The number of rotatable bonds is 9. The standard InChI is InChI=1S/C11H18ClF3N6O2/c1-21(4-7(22)5-23-6-11(13,14)15)3-2-17-10-18-9(16)8(12)19-20-10/h7,22H,2-6H2,1H3,(H3,16,17,18,20)/t7-/m1/s1. The minimum atomic E-state index is -4.40. The maximum Gasteiger partial charge on any atom is 0.411 e. The first-order chi connectivity index (χ1) is 10.7. The third kappa shape index (κ3) is 8.69. The van der Waals surface area contributed by atoms with Crippen molar-refractivity contribution in [2.45, 2.75) is 12.3 Å². The number of nitrogen functional groups attached to an aromatic ring is 1. The molecular formula is C11H18ClF3N6O2. The number of aromatic nitrogens is 3. The van der Waals surface area contributed by atoms with Crippen molar-refractivity contribution < 1.29 is 23.0 Å². The number of aliphatic hydroxyl groups excluding tert-OH is 1. The van der Waals surface area contributed by atoms with Crippen molar-refractivity contribution in [3.05, 3.63) is 5.15 Å². The van der Waals surface area contributed by atoms with Crippen LogP contribution in [-0.2, 0) is 4.74 Å². The number of nitrogens with zero attached hydrogens (tertiary/aromatic N) is 4. The van der Waals surface area contributed by atoms with Gasteiger partial charge in [0.2, 0.25) is 5.95 Å². The topological polar surface area (TPSA) is 109 Å². The van der Waals surface area contributed by atoms with Gasteiger partial charge < -0.3 is 25.8 Å². The molecule has 0 aliphatic heterocycles. The zero-order valence-electron chi connectivity index (χ0n) is 12.3. The minimum Gasteiger partial charge on any atom is -0.389 e. The second-order valence-electron chi connectivity index (χ2n) is 4.78. The summed E-state index contributed by atoms with van der Waals surface area (Å²) in [4.78, 5) is 5.57. The molecule has 4 N–H and O–H groups in total. The highest BCUT2D eigenvalue weighted by molar-refractivity contribution is 6.31. The third-order valence-corrected chi connectivity index (χ3v) is 2.81. The second-order valence-corrected chi connectivity index (χ2v) is 5.14. The van der Waals surface area contributed by atoms with E-state index in [0.717, 1.165) is 0 Å². The lowest BCUT2D eigenvalue weighted by atomic mass is 10.3. The molecule has 0 bridgehead atoms. The summed E-state index contributed by atoms with van der Waals surface area (Å²) >= 11 is 5.59. The predicted octanol–water partition coefficient (Wildman–Crippen LogP) is 0.391. The molecule has 132 valence electrons. The number of ether oxygens (including phenoxy) is 1. The number of nitrogens with one attached hydrogen (secondary N) is 1. The van der Waals surface area contributed by atoms with E-state index < -0.39 is 25.5 Å². The van der Waals surface area contributed by atoms with Crippen LogP contribution in [-0.4, -0.2) is 77.4 Å². The number of anilines is 2. The Balaban J connectivity index is 2.20. The van der Waals surface area contributed by atoms with Gasteiger partial charge in [-0.15, -0.1) is 10.2 Å². The van der Waals surface area contributed by atoms with Gasteiger partial charge in [-0.05, 0) is 7.05 Å². The summed E-state index contributed by atoms with van der Waals surface area (Å²) in [6, 6.07) is 0. The van der Waals surface area contributed by atoms with Crippen molar-refractivity contribution in [2.24, 2.45) is 0 Å². The molecule has 0 radical (unpaired) electrons. The number of alkyl halides is 3. The van der Waals surface area contributed by atoms with E-state index >= 15 is 0 Å². The van der Waals surface area contributed by atoms with Crippen LogP contribution in [0, 0.1) is 0 Å². The zero-order valence-corrected chi connectivity index (χ0v) is 13.1. The number of hydrogen-bond donors (Lipinski definition) is 3. The van der Waals surface area contributed by atoms with E-state index in [-0.39, 0.29) is 23.5 Å². The van der Waals surface area contributed by atoms with Gasteiger partial charge in [-0.3, -0.25) is 0 Å². The Hall–Kier alpha value is -1.43. The highest BCUT2D eigenvalue weighted by Gasteiger charge is 2.27. The van der Waals surface area contributed by atoms with Crippen LogP contribution in [0.5, 0.6) is 0 Å². The minimum absolute atomic E-state index is 0.00893. The summed E-state index contributed by atoms with van der Waals surface area (Å²) in [5, 5.41) is 19.7. The van der Waals surface area contributed by atoms with Gasteiger partial charge in [0.05, 0.1) is 12.7 Å². The Morgan fingerprint density at radius 3 is 2.74 bits per heavy atom. The lowest BCUT2D eigenvalue weighted by Crippen LogP contribution is -2.35. The largest absolute Gasteiger partial charge is 0.411 e. The van der Waals surface area contributed by atoms with Gasteiger partial charge in [0.25, 0.3) is 0 Å². The Labute approximate surface area is 135 Å². The Morgan fingerprint density at radius 1 is 1.43 bits per heavy atom. The number of halogens is 4. The lowest BCUT2D eigenvalue weighted by Gasteiger charge is -2.20. The van der Waals surface area contributed by atoms with Crippen LogP contribution in [0.1, 0.15) is 0 Å². The van der Waals surface area contributed by atoms with Gasteiger partial charge in [-0.25, -0.2) is 0 Å². The molecule has 1 aromatic heterocycles. The molecular weight excluding hydrogens is 341 g/mol. The first-order valence-electron chi connectivity index (χ1n) is 6.58.